The number of aromatic nitrogens is 1. The molecule has 2 aliphatic rings. The first kappa shape index (κ1) is 16.7. The second-order valence-corrected chi connectivity index (χ2v) is 7.65. The molecule has 1 N–H and O–H groups in total. The molecule has 0 bridgehead atoms. The van der Waals surface area contributed by atoms with E-state index in [1.54, 1.807) is 13.2 Å². The van der Waals surface area contributed by atoms with Crippen LogP contribution >= 0.6 is 0 Å². The van der Waals surface area contributed by atoms with Gasteiger partial charge in [0, 0.05) is 33.5 Å². The summed E-state index contributed by atoms with van der Waals surface area (Å²) in [6, 6.07) is 7.65. The van der Waals surface area contributed by atoms with Crippen molar-refractivity contribution in [1.82, 2.24) is 4.98 Å². The maximum absolute atomic E-state index is 13.4. The molecule has 0 saturated heterocycles. The first-order valence-electron chi connectivity index (χ1n) is 9.02. The van der Waals surface area contributed by atoms with E-state index in [4.69, 9.17) is 4.74 Å². The summed E-state index contributed by atoms with van der Waals surface area (Å²) in [4.78, 5) is 16.8. The fraction of sp³-hybridized carbons (Fsp3) is 0.364. The molecule has 2 aliphatic carbocycles. The monoisotopic (exact) mass is 346 g/mol. The van der Waals surface area contributed by atoms with Crippen LogP contribution in [0.2, 0.25) is 0 Å². The Balaban J connectivity index is 1.97. The van der Waals surface area contributed by atoms with Crippen LogP contribution in [0.15, 0.2) is 41.2 Å². The average Bonchev–Trinajstić information content (AvgIpc) is 3.05. The summed E-state index contributed by atoms with van der Waals surface area (Å²) in [5.41, 5.74) is 4.74. The lowest BCUT2D eigenvalue weighted by Gasteiger charge is -2.37. The molecule has 4 heteroatoms. The number of Topliss-reactive ketones (excluding diaryl/α,β-unsaturated/α-hetero) is 1. The summed E-state index contributed by atoms with van der Waals surface area (Å²) >= 11 is 0. The van der Waals surface area contributed by atoms with Crippen molar-refractivity contribution in [3.8, 4) is 6.07 Å². The molecule has 4 nitrogen and oxygen atoms in total. The van der Waals surface area contributed by atoms with Gasteiger partial charge in [-0.15, -0.1) is 0 Å². The van der Waals surface area contributed by atoms with Crippen LogP contribution in [-0.2, 0) is 10.2 Å². The molecule has 1 aromatic heterocycles. The van der Waals surface area contributed by atoms with Crippen molar-refractivity contribution >= 4 is 16.7 Å². The van der Waals surface area contributed by atoms with Crippen molar-refractivity contribution in [2.45, 2.75) is 39.0 Å². The third-order valence-electron chi connectivity index (χ3n) is 5.92. The number of ether oxygens (including phenoxy) is 1. The smallest absolute Gasteiger partial charge is 0.191 e. The largest absolute Gasteiger partial charge is 0.501 e. The summed E-state index contributed by atoms with van der Waals surface area (Å²) < 4.78 is 5.62. The molecule has 0 amide bonds. The van der Waals surface area contributed by atoms with E-state index in [2.05, 4.69) is 37.9 Å². The van der Waals surface area contributed by atoms with E-state index < -0.39 is 0 Å². The molecular formula is C22H22N2O2. The molecule has 1 unspecified atom stereocenters. The van der Waals surface area contributed by atoms with Gasteiger partial charge < -0.3 is 9.72 Å². The molecular weight excluding hydrogens is 324 g/mol. The number of allylic oxidation sites excluding steroid dienone is 4. The van der Waals surface area contributed by atoms with E-state index in [0.717, 1.165) is 51.9 Å². The SMILES string of the molecule is CCC1CC2=C(C=C1OC)C(C)(C)c1[nH]c3cc(C#N)ccc3c1C2=O. The highest BCUT2D eigenvalue weighted by Gasteiger charge is 2.43. The summed E-state index contributed by atoms with van der Waals surface area (Å²) in [5, 5.41) is 10.1. The van der Waals surface area contributed by atoms with Gasteiger partial charge in [0.25, 0.3) is 0 Å². The number of carbonyl (C=O) groups is 1. The Morgan fingerprint density at radius 3 is 2.81 bits per heavy atom. The van der Waals surface area contributed by atoms with Crippen LogP contribution in [0.1, 0.15) is 55.2 Å². The fourth-order valence-electron chi connectivity index (χ4n) is 4.41. The lowest BCUT2D eigenvalue weighted by molar-refractivity contribution is 0.101. The molecule has 26 heavy (non-hydrogen) atoms. The standard InChI is InChI=1S/C22H22N2O2/c1-5-13-9-15-16(10-18(13)26-4)22(2,3)21-19(20(15)25)14-7-6-12(11-23)8-17(14)24-21/h6-8,10,13,24H,5,9H2,1-4H3. The number of carbonyl (C=O) groups excluding carboxylic acids is 1. The second-order valence-electron chi connectivity index (χ2n) is 7.65. The van der Waals surface area contributed by atoms with Crippen LogP contribution in [0.5, 0.6) is 0 Å². The minimum atomic E-state index is -0.326. The second kappa shape index (κ2) is 5.60. The molecule has 1 aromatic carbocycles. The summed E-state index contributed by atoms with van der Waals surface area (Å²) in [7, 11) is 1.70. The van der Waals surface area contributed by atoms with Crippen LogP contribution in [0.25, 0.3) is 10.9 Å². The van der Waals surface area contributed by atoms with Gasteiger partial charge in [0.1, 0.15) is 0 Å². The quantitative estimate of drug-likeness (QED) is 0.852. The van der Waals surface area contributed by atoms with Gasteiger partial charge >= 0.3 is 0 Å². The van der Waals surface area contributed by atoms with Crippen LogP contribution < -0.4 is 0 Å². The number of ketones is 1. The van der Waals surface area contributed by atoms with Crippen LogP contribution in [0.3, 0.4) is 0 Å². The number of benzene rings is 1. The van der Waals surface area contributed by atoms with Crippen molar-refractivity contribution in [3.05, 3.63) is 58.0 Å². The average molecular weight is 346 g/mol. The zero-order valence-corrected chi connectivity index (χ0v) is 15.6. The van der Waals surface area contributed by atoms with Gasteiger partial charge in [-0.2, -0.15) is 5.26 Å². The third kappa shape index (κ3) is 2.10. The third-order valence-corrected chi connectivity index (χ3v) is 5.92. The van der Waals surface area contributed by atoms with Gasteiger partial charge in [-0.25, -0.2) is 0 Å². The number of nitrogens with zero attached hydrogens (tertiary/aromatic N) is 1. The summed E-state index contributed by atoms with van der Waals surface area (Å²) in [5.74, 6) is 1.31. The van der Waals surface area contributed by atoms with E-state index in [-0.39, 0.29) is 17.1 Å². The number of H-pyrrole nitrogens is 1. The number of rotatable bonds is 2. The maximum Gasteiger partial charge on any atom is 0.191 e. The molecule has 1 atom stereocenters. The molecule has 0 aliphatic heterocycles. The number of hydrogen-bond donors (Lipinski definition) is 1. The van der Waals surface area contributed by atoms with Crippen LogP contribution in [-0.4, -0.2) is 17.9 Å². The van der Waals surface area contributed by atoms with Gasteiger partial charge in [-0.1, -0.05) is 26.8 Å². The highest BCUT2D eigenvalue weighted by atomic mass is 16.5. The Morgan fingerprint density at radius 1 is 1.38 bits per heavy atom. The Kier molecular flexibility index (Phi) is 3.59. The van der Waals surface area contributed by atoms with Crippen LogP contribution in [0, 0.1) is 17.2 Å². The number of nitriles is 1. The van der Waals surface area contributed by atoms with E-state index in [9.17, 15) is 10.1 Å². The fourth-order valence-corrected chi connectivity index (χ4v) is 4.41. The van der Waals surface area contributed by atoms with E-state index >= 15 is 0 Å². The molecule has 0 spiro atoms. The van der Waals surface area contributed by atoms with Crippen molar-refractivity contribution < 1.29 is 9.53 Å². The maximum atomic E-state index is 13.4. The predicted octanol–water partition coefficient (Wildman–Crippen LogP) is 4.77. The zero-order valence-electron chi connectivity index (χ0n) is 15.6. The first-order chi connectivity index (χ1) is 12.4. The predicted molar refractivity (Wildman–Crippen MR) is 101 cm³/mol. The van der Waals surface area contributed by atoms with Crippen molar-refractivity contribution in [2.75, 3.05) is 7.11 Å². The minimum absolute atomic E-state index is 0.107. The Hall–Kier alpha value is -2.80. The van der Waals surface area contributed by atoms with Crippen molar-refractivity contribution in [1.29, 1.82) is 5.26 Å². The Morgan fingerprint density at radius 2 is 2.15 bits per heavy atom. The highest BCUT2D eigenvalue weighted by Crippen LogP contribution is 2.48. The number of aromatic amines is 1. The molecule has 132 valence electrons. The van der Waals surface area contributed by atoms with Crippen LogP contribution in [0.4, 0.5) is 0 Å². The van der Waals surface area contributed by atoms with E-state index in [1.165, 1.54) is 0 Å². The highest BCUT2D eigenvalue weighted by molar-refractivity contribution is 6.19. The lowest BCUT2D eigenvalue weighted by atomic mass is 9.67. The molecule has 1 heterocycles. The topological polar surface area (TPSA) is 65.9 Å². The zero-order chi connectivity index (χ0) is 18.6. The lowest BCUT2D eigenvalue weighted by Crippen LogP contribution is -2.33. The normalized spacial score (nSPS) is 21.1. The number of hydrogen-bond acceptors (Lipinski definition) is 3. The first-order valence-corrected chi connectivity index (χ1v) is 9.02. The molecule has 4 rings (SSSR count). The molecule has 0 saturated carbocycles. The summed E-state index contributed by atoms with van der Waals surface area (Å²) in [6.07, 6.45) is 3.73. The van der Waals surface area contributed by atoms with Crippen molar-refractivity contribution in [2.24, 2.45) is 5.92 Å². The number of fused-ring (bicyclic) bond motifs is 3. The van der Waals surface area contributed by atoms with Gasteiger partial charge in [0.2, 0.25) is 0 Å². The van der Waals surface area contributed by atoms with E-state index in [1.807, 2.05) is 12.1 Å². The van der Waals surface area contributed by atoms with Gasteiger partial charge in [0.05, 0.1) is 30.1 Å². The number of nitrogens with one attached hydrogen (secondary N) is 1. The van der Waals surface area contributed by atoms with Crippen molar-refractivity contribution in [3.63, 3.8) is 0 Å². The molecule has 0 fully saturated rings. The molecule has 0 radical (unpaired) electrons. The Labute approximate surface area is 153 Å². The van der Waals surface area contributed by atoms with Gasteiger partial charge in [-0.3, -0.25) is 4.79 Å². The Bertz CT molecular complexity index is 1040. The van der Waals surface area contributed by atoms with E-state index in [0.29, 0.717) is 5.56 Å². The summed E-state index contributed by atoms with van der Waals surface area (Å²) in [6.45, 7) is 6.41. The number of methoxy groups -OCH3 is 1. The minimum Gasteiger partial charge on any atom is -0.501 e. The van der Waals surface area contributed by atoms with Gasteiger partial charge in [-0.05, 0) is 36.6 Å². The molecule has 2 aromatic rings. The van der Waals surface area contributed by atoms with Gasteiger partial charge in [0.15, 0.2) is 5.78 Å².